The third kappa shape index (κ3) is 4.17. The highest BCUT2D eigenvalue weighted by atomic mass is 32.2. The summed E-state index contributed by atoms with van der Waals surface area (Å²) in [6, 6.07) is 16.4. The zero-order valence-electron chi connectivity index (χ0n) is 15.4. The summed E-state index contributed by atoms with van der Waals surface area (Å²) in [7, 11) is 0. The highest BCUT2D eigenvalue weighted by Gasteiger charge is 2.17. The van der Waals surface area contributed by atoms with E-state index in [4.69, 9.17) is 9.72 Å². The smallest absolute Gasteiger partial charge is 0.230 e. The van der Waals surface area contributed by atoms with E-state index in [0.29, 0.717) is 12.3 Å². The first-order valence-corrected chi connectivity index (χ1v) is 10.2. The molecule has 0 radical (unpaired) electrons. The van der Waals surface area contributed by atoms with Gasteiger partial charge in [-0.15, -0.1) is 0 Å². The van der Waals surface area contributed by atoms with Crippen LogP contribution >= 0.6 is 11.8 Å². The Morgan fingerprint density at radius 2 is 2.07 bits per heavy atom. The molecule has 1 fully saturated rings. The summed E-state index contributed by atoms with van der Waals surface area (Å²) in [5.41, 5.74) is 4.24. The fraction of sp³-hybridized carbons (Fsp3) is 0.333. The lowest BCUT2D eigenvalue weighted by Gasteiger charge is -2.11. The zero-order valence-corrected chi connectivity index (χ0v) is 16.2. The van der Waals surface area contributed by atoms with Gasteiger partial charge in [0.15, 0.2) is 5.16 Å². The highest BCUT2D eigenvalue weighted by Crippen LogP contribution is 2.28. The minimum atomic E-state index is 0.0120. The lowest BCUT2D eigenvalue weighted by atomic mass is 10.2. The van der Waals surface area contributed by atoms with Gasteiger partial charge in [0, 0.05) is 18.8 Å². The van der Waals surface area contributed by atoms with Crippen LogP contribution in [0.15, 0.2) is 53.7 Å². The second-order valence-corrected chi connectivity index (χ2v) is 7.72. The Morgan fingerprint density at radius 3 is 2.85 bits per heavy atom. The van der Waals surface area contributed by atoms with Crippen LogP contribution in [0.1, 0.15) is 18.4 Å². The Morgan fingerprint density at radius 1 is 1.26 bits per heavy atom. The van der Waals surface area contributed by atoms with Crippen LogP contribution in [0.2, 0.25) is 0 Å². The summed E-state index contributed by atoms with van der Waals surface area (Å²) in [5.74, 6) is 0.347. The molecule has 0 saturated carbocycles. The van der Waals surface area contributed by atoms with Gasteiger partial charge in [-0.3, -0.25) is 9.36 Å². The van der Waals surface area contributed by atoms with Crippen LogP contribution in [0.3, 0.4) is 0 Å². The summed E-state index contributed by atoms with van der Waals surface area (Å²) < 4.78 is 7.67. The van der Waals surface area contributed by atoms with E-state index < -0.39 is 0 Å². The molecule has 1 aliphatic heterocycles. The van der Waals surface area contributed by atoms with Crippen LogP contribution < -0.4 is 5.32 Å². The quantitative estimate of drug-likeness (QED) is 0.661. The van der Waals surface area contributed by atoms with E-state index in [1.165, 1.54) is 17.3 Å². The molecule has 2 aromatic carbocycles. The van der Waals surface area contributed by atoms with Crippen molar-refractivity contribution in [1.82, 2.24) is 14.9 Å². The maximum Gasteiger partial charge on any atom is 0.230 e. The van der Waals surface area contributed by atoms with Gasteiger partial charge in [0.25, 0.3) is 0 Å². The maximum absolute atomic E-state index is 12.3. The number of fused-ring (bicyclic) bond motifs is 1. The number of aromatic nitrogens is 2. The number of benzene rings is 2. The van der Waals surface area contributed by atoms with Gasteiger partial charge in [-0.05, 0) is 44.0 Å². The molecule has 1 atom stereocenters. The van der Waals surface area contributed by atoms with Crippen molar-refractivity contribution in [3.8, 4) is 5.69 Å². The van der Waals surface area contributed by atoms with Crippen LogP contribution in [0.25, 0.3) is 16.7 Å². The predicted molar refractivity (Wildman–Crippen MR) is 109 cm³/mol. The number of ether oxygens (including phenoxy) is 1. The molecule has 0 spiro atoms. The van der Waals surface area contributed by atoms with Gasteiger partial charge in [-0.25, -0.2) is 4.98 Å². The number of hydrogen-bond donors (Lipinski definition) is 1. The lowest BCUT2D eigenvalue weighted by molar-refractivity contribution is -0.119. The molecule has 0 unspecified atom stereocenters. The number of carbonyl (C=O) groups excluding carboxylic acids is 1. The maximum atomic E-state index is 12.3. The molecule has 140 valence electrons. The fourth-order valence-corrected chi connectivity index (χ4v) is 4.12. The molecule has 1 saturated heterocycles. The lowest BCUT2D eigenvalue weighted by Crippen LogP contribution is -2.32. The first-order chi connectivity index (χ1) is 13.2. The molecular formula is C21H23N3O2S. The van der Waals surface area contributed by atoms with Gasteiger partial charge < -0.3 is 10.1 Å². The molecule has 6 heteroatoms. The molecule has 4 rings (SSSR count). The first-order valence-electron chi connectivity index (χ1n) is 9.26. The number of imidazole rings is 1. The standard InChI is InChI=1S/C21H23N3O2S/c1-15-8-10-16(11-9-15)24-19-7-3-2-6-18(19)23-21(24)27-14-20(25)22-13-17-5-4-12-26-17/h2-3,6-11,17H,4-5,12-14H2,1H3,(H,22,25)/t17-/m1/s1. The Hall–Kier alpha value is -2.31. The van der Waals surface area contributed by atoms with Crippen LogP contribution in [-0.2, 0) is 9.53 Å². The molecule has 2 heterocycles. The second-order valence-electron chi connectivity index (χ2n) is 6.78. The number of rotatable bonds is 6. The van der Waals surface area contributed by atoms with Crippen molar-refractivity contribution in [2.75, 3.05) is 18.9 Å². The van der Waals surface area contributed by atoms with Gasteiger partial charge >= 0.3 is 0 Å². The second kappa shape index (κ2) is 8.15. The average Bonchev–Trinajstić information content (AvgIpc) is 3.33. The SMILES string of the molecule is Cc1ccc(-n2c(SCC(=O)NC[C@H]3CCCO3)nc3ccccc32)cc1. The molecular weight excluding hydrogens is 358 g/mol. The van der Waals surface area contributed by atoms with Crippen LogP contribution in [0.5, 0.6) is 0 Å². The van der Waals surface area contributed by atoms with Gasteiger partial charge in [0.1, 0.15) is 0 Å². The molecule has 1 amide bonds. The van der Waals surface area contributed by atoms with E-state index in [9.17, 15) is 4.79 Å². The molecule has 1 aliphatic rings. The van der Waals surface area contributed by atoms with Crippen LogP contribution in [0.4, 0.5) is 0 Å². The molecule has 3 aromatic rings. The molecule has 0 aliphatic carbocycles. The zero-order chi connectivity index (χ0) is 18.6. The van der Waals surface area contributed by atoms with Gasteiger partial charge in [-0.2, -0.15) is 0 Å². The number of amides is 1. The van der Waals surface area contributed by atoms with Gasteiger partial charge in [0.05, 0.1) is 22.9 Å². The first kappa shape index (κ1) is 18.1. The average molecular weight is 382 g/mol. The summed E-state index contributed by atoms with van der Waals surface area (Å²) in [5, 5.41) is 3.80. The van der Waals surface area contributed by atoms with Crippen molar-refractivity contribution >= 4 is 28.7 Å². The molecule has 1 aromatic heterocycles. The molecule has 5 nitrogen and oxygen atoms in total. The van der Waals surface area contributed by atoms with Crippen molar-refractivity contribution < 1.29 is 9.53 Å². The van der Waals surface area contributed by atoms with Gasteiger partial charge in [0.2, 0.25) is 5.91 Å². The van der Waals surface area contributed by atoms with E-state index in [1.807, 2.05) is 18.2 Å². The number of thioether (sulfide) groups is 1. The van der Waals surface area contributed by atoms with E-state index >= 15 is 0 Å². The number of nitrogens with one attached hydrogen (secondary N) is 1. The molecule has 27 heavy (non-hydrogen) atoms. The van der Waals surface area contributed by atoms with E-state index in [1.54, 1.807) is 0 Å². The largest absolute Gasteiger partial charge is 0.376 e. The monoisotopic (exact) mass is 381 g/mol. The highest BCUT2D eigenvalue weighted by molar-refractivity contribution is 7.99. The normalized spacial score (nSPS) is 16.7. The van der Waals surface area contributed by atoms with Crippen LogP contribution in [0, 0.1) is 6.92 Å². The summed E-state index contributed by atoms with van der Waals surface area (Å²) in [4.78, 5) is 17.0. The summed E-state index contributed by atoms with van der Waals surface area (Å²) in [6.07, 6.45) is 2.27. The van der Waals surface area contributed by atoms with E-state index in [0.717, 1.165) is 41.3 Å². The van der Waals surface area contributed by atoms with Crippen LogP contribution in [-0.4, -0.2) is 40.5 Å². The fourth-order valence-electron chi connectivity index (χ4n) is 3.26. The Bertz CT molecular complexity index is 930. The van der Waals surface area contributed by atoms with Gasteiger partial charge in [-0.1, -0.05) is 41.6 Å². The Balaban J connectivity index is 1.51. The summed E-state index contributed by atoms with van der Waals surface area (Å²) >= 11 is 1.46. The van der Waals surface area contributed by atoms with E-state index in [-0.39, 0.29) is 12.0 Å². The minimum absolute atomic E-state index is 0.0120. The van der Waals surface area contributed by atoms with Crippen molar-refractivity contribution in [3.63, 3.8) is 0 Å². The van der Waals surface area contributed by atoms with Crippen molar-refractivity contribution in [1.29, 1.82) is 0 Å². The number of para-hydroxylation sites is 2. The Labute approximate surface area is 163 Å². The number of hydrogen-bond acceptors (Lipinski definition) is 4. The number of carbonyl (C=O) groups is 1. The van der Waals surface area contributed by atoms with Crippen molar-refractivity contribution in [2.45, 2.75) is 31.0 Å². The minimum Gasteiger partial charge on any atom is -0.376 e. The topological polar surface area (TPSA) is 56.2 Å². The van der Waals surface area contributed by atoms with E-state index in [2.05, 4.69) is 47.1 Å². The summed E-state index contributed by atoms with van der Waals surface area (Å²) in [6.45, 7) is 3.47. The number of aryl methyl sites for hydroxylation is 1. The third-order valence-electron chi connectivity index (χ3n) is 4.71. The molecule has 0 bridgehead atoms. The molecule has 1 N–H and O–H groups in total. The predicted octanol–water partition coefficient (Wildman–Crippen LogP) is 3.72. The third-order valence-corrected chi connectivity index (χ3v) is 5.64. The van der Waals surface area contributed by atoms with Crippen molar-refractivity contribution in [3.05, 3.63) is 54.1 Å². The number of nitrogens with zero attached hydrogens (tertiary/aromatic N) is 2. The van der Waals surface area contributed by atoms with Crippen molar-refractivity contribution in [2.24, 2.45) is 0 Å². The Kier molecular flexibility index (Phi) is 5.45.